The van der Waals surface area contributed by atoms with Gasteiger partial charge >= 0.3 is 5.97 Å². The van der Waals surface area contributed by atoms with Gasteiger partial charge in [-0.3, -0.25) is 4.79 Å². The first-order valence-corrected chi connectivity index (χ1v) is 9.95. The van der Waals surface area contributed by atoms with Crippen LogP contribution in [0.2, 0.25) is 0 Å². The highest BCUT2D eigenvalue weighted by molar-refractivity contribution is 5.94. The second kappa shape index (κ2) is 8.11. The lowest BCUT2D eigenvalue weighted by Gasteiger charge is -2.18. The fourth-order valence-electron chi connectivity index (χ4n) is 3.56. The lowest BCUT2D eigenvalue weighted by Crippen LogP contribution is -2.15. The summed E-state index contributed by atoms with van der Waals surface area (Å²) in [5, 5.41) is 0.370. The van der Waals surface area contributed by atoms with Crippen molar-refractivity contribution >= 4 is 16.9 Å². The number of esters is 1. The van der Waals surface area contributed by atoms with E-state index in [9.17, 15) is 9.59 Å². The third kappa shape index (κ3) is 3.54. The van der Waals surface area contributed by atoms with Crippen LogP contribution >= 0.6 is 0 Å². The Balaban J connectivity index is 1.46. The highest BCUT2D eigenvalue weighted by Gasteiger charge is 2.17. The summed E-state index contributed by atoms with van der Waals surface area (Å²) in [4.78, 5) is 25.6. The van der Waals surface area contributed by atoms with Gasteiger partial charge in [0.25, 0.3) is 0 Å². The summed E-state index contributed by atoms with van der Waals surface area (Å²) >= 11 is 0. The van der Waals surface area contributed by atoms with Crippen LogP contribution < -0.4 is 24.4 Å². The smallest absolute Gasteiger partial charge is 0.347 e. The van der Waals surface area contributed by atoms with Crippen LogP contribution in [0.25, 0.3) is 22.1 Å². The van der Waals surface area contributed by atoms with Crippen LogP contribution in [0, 0.1) is 0 Å². The van der Waals surface area contributed by atoms with Crippen LogP contribution in [0.5, 0.6) is 23.0 Å². The molecule has 0 unspecified atom stereocenters. The second-order valence-electron chi connectivity index (χ2n) is 7.08. The third-order valence-corrected chi connectivity index (χ3v) is 5.14. The third-order valence-electron chi connectivity index (χ3n) is 5.14. The first-order valence-electron chi connectivity index (χ1n) is 9.95. The summed E-state index contributed by atoms with van der Waals surface area (Å²) < 4.78 is 27.5. The van der Waals surface area contributed by atoms with Crippen molar-refractivity contribution in [2.75, 3.05) is 20.3 Å². The predicted molar refractivity (Wildman–Crippen MR) is 117 cm³/mol. The van der Waals surface area contributed by atoms with Gasteiger partial charge in [0.2, 0.25) is 0 Å². The summed E-state index contributed by atoms with van der Waals surface area (Å²) in [6.07, 6.45) is 1.39. The molecule has 1 aromatic heterocycles. The van der Waals surface area contributed by atoms with Crippen molar-refractivity contribution in [3.05, 3.63) is 82.7 Å². The topological polar surface area (TPSA) is 84.2 Å². The largest absolute Gasteiger partial charge is 0.496 e. The first-order chi connectivity index (χ1) is 15.6. The lowest BCUT2D eigenvalue weighted by molar-refractivity contribution is 0.0731. The number of ether oxygens (including phenoxy) is 4. The van der Waals surface area contributed by atoms with Crippen molar-refractivity contribution in [1.82, 2.24) is 0 Å². The molecule has 4 aromatic rings. The van der Waals surface area contributed by atoms with E-state index in [1.54, 1.807) is 54.6 Å². The number of hydrogen-bond acceptors (Lipinski definition) is 7. The molecule has 0 fully saturated rings. The van der Waals surface area contributed by atoms with Gasteiger partial charge in [0, 0.05) is 6.07 Å². The maximum absolute atomic E-state index is 13.1. The van der Waals surface area contributed by atoms with Crippen LogP contribution in [0.4, 0.5) is 0 Å². The summed E-state index contributed by atoms with van der Waals surface area (Å²) in [5.41, 5.74) is 1.46. The average Bonchev–Trinajstić information content (AvgIpc) is 2.84. The number of fused-ring (bicyclic) bond motifs is 2. The summed E-state index contributed by atoms with van der Waals surface area (Å²) in [6.45, 7) is 0.952. The van der Waals surface area contributed by atoms with Gasteiger partial charge in [-0.25, -0.2) is 4.79 Å². The van der Waals surface area contributed by atoms with Gasteiger partial charge in [-0.15, -0.1) is 0 Å². The number of rotatable bonds is 4. The van der Waals surface area contributed by atoms with Gasteiger partial charge in [0.15, 0.2) is 16.9 Å². The molecule has 0 aliphatic carbocycles. The van der Waals surface area contributed by atoms with Crippen molar-refractivity contribution in [1.29, 1.82) is 0 Å². The monoisotopic (exact) mass is 430 g/mol. The molecule has 1 aliphatic rings. The Kier molecular flexibility index (Phi) is 4.99. The van der Waals surface area contributed by atoms with E-state index in [1.165, 1.54) is 19.4 Å². The van der Waals surface area contributed by atoms with E-state index in [2.05, 4.69) is 0 Å². The number of benzene rings is 3. The van der Waals surface area contributed by atoms with Crippen LogP contribution in [-0.2, 0) is 0 Å². The molecule has 3 aromatic carbocycles. The van der Waals surface area contributed by atoms with Crippen molar-refractivity contribution in [3.63, 3.8) is 0 Å². The first kappa shape index (κ1) is 19.7. The van der Waals surface area contributed by atoms with Crippen LogP contribution in [0.3, 0.4) is 0 Å². The molecular weight excluding hydrogens is 412 g/mol. The van der Waals surface area contributed by atoms with E-state index in [0.29, 0.717) is 58.1 Å². The zero-order chi connectivity index (χ0) is 22.1. The molecule has 7 nitrogen and oxygen atoms in total. The van der Waals surface area contributed by atoms with Gasteiger partial charge in [0.05, 0.1) is 18.1 Å². The van der Waals surface area contributed by atoms with Gasteiger partial charge in [-0.2, -0.15) is 0 Å². The molecule has 5 rings (SSSR count). The number of methoxy groups -OCH3 is 1. The molecule has 7 heteroatoms. The Bertz CT molecular complexity index is 1390. The highest BCUT2D eigenvalue weighted by Crippen LogP contribution is 2.34. The zero-order valence-corrected chi connectivity index (χ0v) is 17.1. The van der Waals surface area contributed by atoms with Crippen LogP contribution in [-0.4, -0.2) is 26.3 Å². The van der Waals surface area contributed by atoms with Gasteiger partial charge in [-0.05, 0) is 42.0 Å². The number of hydrogen-bond donors (Lipinski definition) is 0. The maximum Gasteiger partial charge on any atom is 0.347 e. The van der Waals surface area contributed by atoms with E-state index in [-0.39, 0.29) is 11.2 Å². The van der Waals surface area contributed by atoms with E-state index < -0.39 is 5.97 Å². The Hall–Kier alpha value is -4.26. The Morgan fingerprint density at radius 1 is 0.938 bits per heavy atom. The molecule has 1 aliphatic heterocycles. The molecule has 0 radical (unpaired) electrons. The lowest BCUT2D eigenvalue weighted by atomic mass is 10.0. The number of carbonyl (C=O) groups is 1. The van der Waals surface area contributed by atoms with Crippen molar-refractivity contribution in [2.45, 2.75) is 0 Å². The minimum Gasteiger partial charge on any atom is -0.496 e. The maximum atomic E-state index is 13.1. The quantitative estimate of drug-likeness (QED) is 0.349. The summed E-state index contributed by atoms with van der Waals surface area (Å²) in [6, 6.07) is 16.7. The van der Waals surface area contributed by atoms with Gasteiger partial charge in [0.1, 0.15) is 42.1 Å². The van der Waals surface area contributed by atoms with Crippen molar-refractivity contribution in [3.8, 4) is 34.1 Å². The molecule has 0 amide bonds. The van der Waals surface area contributed by atoms with Gasteiger partial charge < -0.3 is 23.4 Å². The van der Waals surface area contributed by atoms with Crippen LogP contribution in [0.1, 0.15) is 10.4 Å². The molecular formula is C25H18O7. The molecule has 0 saturated carbocycles. The Morgan fingerprint density at radius 3 is 2.59 bits per heavy atom. The van der Waals surface area contributed by atoms with E-state index in [4.69, 9.17) is 23.4 Å². The fraction of sp³-hybridized carbons (Fsp3) is 0.120. The molecule has 0 saturated heterocycles. The van der Waals surface area contributed by atoms with E-state index in [1.807, 2.05) is 0 Å². The predicted octanol–water partition coefficient (Wildman–Crippen LogP) is 4.46. The van der Waals surface area contributed by atoms with Crippen LogP contribution in [0.15, 0.2) is 76.1 Å². The molecule has 32 heavy (non-hydrogen) atoms. The molecule has 0 N–H and O–H groups in total. The van der Waals surface area contributed by atoms with E-state index in [0.717, 1.165) is 0 Å². The standard InChI is InChI=1S/C25H18O7/c1-28-20-5-3-2-4-18(20)25(27)32-16-7-8-17-22(13-16)31-14-19(24(17)26)15-6-9-21-23(12-15)30-11-10-29-21/h2-9,12-14H,10-11H2,1H3. The molecule has 0 bridgehead atoms. The minimum atomic E-state index is -0.572. The average molecular weight is 430 g/mol. The summed E-state index contributed by atoms with van der Waals surface area (Å²) in [5.74, 6) is 1.33. The molecule has 0 spiro atoms. The second-order valence-corrected chi connectivity index (χ2v) is 7.08. The molecule has 0 atom stereocenters. The Labute approximate surface area is 182 Å². The fourth-order valence-corrected chi connectivity index (χ4v) is 3.56. The highest BCUT2D eigenvalue weighted by atomic mass is 16.6. The normalized spacial score (nSPS) is 12.4. The molecule has 160 valence electrons. The van der Waals surface area contributed by atoms with Gasteiger partial charge in [-0.1, -0.05) is 18.2 Å². The van der Waals surface area contributed by atoms with Crippen molar-refractivity contribution < 1.29 is 28.2 Å². The molecule has 2 heterocycles. The minimum absolute atomic E-state index is 0.203. The number of carbonyl (C=O) groups excluding carboxylic acids is 1. The number of para-hydroxylation sites is 1. The Morgan fingerprint density at radius 2 is 1.75 bits per heavy atom. The van der Waals surface area contributed by atoms with Crippen molar-refractivity contribution in [2.24, 2.45) is 0 Å². The summed E-state index contributed by atoms with van der Waals surface area (Å²) in [7, 11) is 1.48. The SMILES string of the molecule is COc1ccccc1C(=O)Oc1ccc2c(=O)c(-c3ccc4c(c3)OCCO4)coc2c1. The van der Waals surface area contributed by atoms with E-state index >= 15 is 0 Å². The zero-order valence-electron chi connectivity index (χ0n) is 17.1.